The average molecular weight is 372 g/mol. The summed E-state index contributed by atoms with van der Waals surface area (Å²) in [6.45, 7) is 0.232. The number of carbonyl (C=O) groups excluding carboxylic acids is 1. The van der Waals surface area contributed by atoms with Gasteiger partial charge in [-0.1, -0.05) is 41.9 Å². The van der Waals surface area contributed by atoms with E-state index >= 15 is 0 Å². The molecular weight excluding hydrogens is 357 g/mol. The van der Waals surface area contributed by atoms with Crippen LogP contribution in [0.2, 0.25) is 5.02 Å². The lowest BCUT2D eigenvalue weighted by molar-refractivity contribution is 0.102. The standard InChI is InChI=1S/C16H15Cl2NO3S/c17-11-15(20)13-6-7-14(18)16(10-13)23(21,22)19-9-8-12-4-2-1-3-5-12/h1-7,10,19H,8-9,11H2. The number of hydrogen-bond donors (Lipinski definition) is 1. The summed E-state index contributed by atoms with van der Waals surface area (Å²) >= 11 is 11.5. The second-order valence-electron chi connectivity index (χ2n) is 4.84. The van der Waals surface area contributed by atoms with Gasteiger partial charge in [-0.25, -0.2) is 13.1 Å². The third-order valence-electron chi connectivity index (χ3n) is 3.21. The molecular formula is C16H15Cl2NO3S. The Morgan fingerprint density at radius 2 is 1.78 bits per heavy atom. The highest BCUT2D eigenvalue weighted by Gasteiger charge is 2.19. The minimum absolute atomic E-state index is 0.0586. The topological polar surface area (TPSA) is 63.2 Å². The highest BCUT2D eigenvalue weighted by molar-refractivity contribution is 7.89. The van der Waals surface area contributed by atoms with Gasteiger partial charge < -0.3 is 0 Å². The van der Waals surface area contributed by atoms with Crippen molar-refractivity contribution in [2.45, 2.75) is 11.3 Å². The summed E-state index contributed by atoms with van der Waals surface area (Å²) in [7, 11) is -3.80. The maximum absolute atomic E-state index is 12.4. The van der Waals surface area contributed by atoms with Crippen LogP contribution in [0.25, 0.3) is 0 Å². The van der Waals surface area contributed by atoms with Crippen molar-refractivity contribution in [2.24, 2.45) is 0 Å². The van der Waals surface area contributed by atoms with E-state index in [0.717, 1.165) is 5.56 Å². The average Bonchev–Trinajstić information content (AvgIpc) is 2.55. The number of Topliss-reactive ketones (excluding diaryl/α,β-unsaturated/α-hetero) is 1. The number of ketones is 1. The van der Waals surface area contributed by atoms with Gasteiger partial charge >= 0.3 is 0 Å². The van der Waals surface area contributed by atoms with Gasteiger partial charge in [0.15, 0.2) is 5.78 Å². The largest absolute Gasteiger partial charge is 0.293 e. The molecule has 1 N–H and O–H groups in total. The number of sulfonamides is 1. The maximum atomic E-state index is 12.4. The van der Waals surface area contributed by atoms with E-state index in [2.05, 4.69) is 4.72 Å². The van der Waals surface area contributed by atoms with Crippen molar-refractivity contribution in [2.75, 3.05) is 12.4 Å². The van der Waals surface area contributed by atoms with E-state index in [0.29, 0.717) is 6.42 Å². The van der Waals surface area contributed by atoms with E-state index < -0.39 is 10.0 Å². The molecule has 7 heteroatoms. The Bertz CT molecular complexity index is 792. The Morgan fingerprint density at radius 3 is 2.43 bits per heavy atom. The fourth-order valence-corrected chi connectivity index (χ4v) is 3.72. The zero-order valence-corrected chi connectivity index (χ0v) is 14.5. The highest BCUT2D eigenvalue weighted by atomic mass is 35.5. The molecule has 122 valence electrons. The van der Waals surface area contributed by atoms with Crippen LogP contribution in [0, 0.1) is 0 Å². The first-order chi connectivity index (χ1) is 10.9. The molecule has 0 atom stereocenters. The van der Waals surface area contributed by atoms with E-state index in [1.54, 1.807) is 0 Å². The van der Waals surface area contributed by atoms with Gasteiger partial charge in [0.2, 0.25) is 10.0 Å². The van der Waals surface area contributed by atoms with Gasteiger partial charge in [0.1, 0.15) is 4.90 Å². The number of benzene rings is 2. The Labute approximate surface area is 145 Å². The lowest BCUT2D eigenvalue weighted by Gasteiger charge is -2.10. The zero-order chi connectivity index (χ0) is 16.9. The first kappa shape index (κ1) is 17.9. The van der Waals surface area contributed by atoms with E-state index in [-0.39, 0.29) is 33.7 Å². The van der Waals surface area contributed by atoms with Crippen LogP contribution in [0.4, 0.5) is 0 Å². The van der Waals surface area contributed by atoms with Gasteiger partial charge in [0.05, 0.1) is 10.9 Å². The second-order valence-corrected chi connectivity index (χ2v) is 7.25. The van der Waals surface area contributed by atoms with E-state index in [1.165, 1.54) is 18.2 Å². The second kappa shape index (κ2) is 7.93. The van der Waals surface area contributed by atoms with Crippen molar-refractivity contribution in [3.05, 3.63) is 64.7 Å². The summed E-state index contributed by atoms with van der Waals surface area (Å²) in [6, 6.07) is 13.6. The third kappa shape index (κ3) is 4.78. The van der Waals surface area contributed by atoms with Gasteiger partial charge in [-0.15, -0.1) is 11.6 Å². The van der Waals surface area contributed by atoms with Crippen molar-refractivity contribution in [1.29, 1.82) is 0 Å². The fourth-order valence-electron chi connectivity index (χ4n) is 2.01. The molecule has 2 aromatic rings. The van der Waals surface area contributed by atoms with Gasteiger partial charge in [-0.05, 0) is 30.2 Å². The fraction of sp³-hybridized carbons (Fsp3) is 0.188. The van der Waals surface area contributed by atoms with Gasteiger partial charge in [-0.3, -0.25) is 4.79 Å². The molecule has 0 unspecified atom stereocenters. The smallest absolute Gasteiger partial charge is 0.242 e. The lowest BCUT2D eigenvalue weighted by Crippen LogP contribution is -2.26. The molecule has 0 bridgehead atoms. The molecule has 0 heterocycles. The van der Waals surface area contributed by atoms with Crippen LogP contribution in [0.5, 0.6) is 0 Å². The van der Waals surface area contributed by atoms with Crippen LogP contribution >= 0.6 is 23.2 Å². The van der Waals surface area contributed by atoms with Crippen molar-refractivity contribution >= 4 is 39.0 Å². The first-order valence-corrected chi connectivity index (χ1v) is 9.26. The SMILES string of the molecule is O=C(CCl)c1ccc(Cl)c(S(=O)(=O)NCCc2ccccc2)c1. The number of carbonyl (C=O) groups is 1. The summed E-state index contributed by atoms with van der Waals surface area (Å²) < 4.78 is 27.2. The number of rotatable bonds is 7. The van der Waals surface area contributed by atoms with Crippen molar-refractivity contribution in [1.82, 2.24) is 4.72 Å². The molecule has 4 nitrogen and oxygen atoms in total. The van der Waals surface area contributed by atoms with Crippen LogP contribution in [0.15, 0.2) is 53.4 Å². The summed E-state index contributed by atoms with van der Waals surface area (Å²) in [5.74, 6) is -0.577. The quantitative estimate of drug-likeness (QED) is 0.599. The summed E-state index contributed by atoms with van der Waals surface area (Å²) in [4.78, 5) is 11.5. The zero-order valence-electron chi connectivity index (χ0n) is 12.1. The normalized spacial score (nSPS) is 11.4. The number of alkyl halides is 1. The van der Waals surface area contributed by atoms with Gasteiger partial charge in [-0.2, -0.15) is 0 Å². The monoisotopic (exact) mass is 371 g/mol. The molecule has 0 fully saturated rings. The number of hydrogen-bond acceptors (Lipinski definition) is 3. The van der Waals surface area contributed by atoms with Crippen LogP contribution in [0.1, 0.15) is 15.9 Å². The summed E-state index contributed by atoms with van der Waals surface area (Å²) in [5.41, 5.74) is 1.24. The van der Waals surface area contributed by atoms with Crippen molar-refractivity contribution in [3.8, 4) is 0 Å². The number of nitrogens with one attached hydrogen (secondary N) is 1. The Balaban J connectivity index is 2.14. The van der Waals surface area contributed by atoms with Crippen LogP contribution in [0.3, 0.4) is 0 Å². The highest BCUT2D eigenvalue weighted by Crippen LogP contribution is 2.23. The Hall–Kier alpha value is -1.40. The molecule has 0 spiro atoms. The van der Waals surface area contributed by atoms with Crippen LogP contribution < -0.4 is 4.72 Å². The van der Waals surface area contributed by atoms with Crippen LogP contribution in [-0.4, -0.2) is 26.6 Å². The molecule has 0 saturated carbocycles. The summed E-state index contributed by atoms with van der Waals surface area (Å²) in [6.07, 6.45) is 0.554. The van der Waals surface area contributed by atoms with Crippen molar-refractivity contribution in [3.63, 3.8) is 0 Å². The molecule has 0 saturated heterocycles. The molecule has 0 aromatic heterocycles. The van der Waals surface area contributed by atoms with E-state index in [1.807, 2.05) is 30.3 Å². The molecule has 0 amide bonds. The first-order valence-electron chi connectivity index (χ1n) is 6.86. The number of halogens is 2. The van der Waals surface area contributed by atoms with Gasteiger partial charge in [0, 0.05) is 12.1 Å². The lowest BCUT2D eigenvalue weighted by atomic mass is 10.1. The minimum Gasteiger partial charge on any atom is -0.293 e. The van der Waals surface area contributed by atoms with Crippen molar-refractivity contribution < 1.29 is 13.2 Å². The molecule has 0 radical (unpaired) electrons. The van der Waals surface area contributed by atoms with E-state index in [4.69, 9.17) is 23.2 Å². The maximum Gasteiger partial charge on any atom is 0.242 e. The molecule has 2 rings (SSSR count). The van der Waals surface area contributed by atoms with Crippen LogP contribution in [-0.2, 0) is 16.4 Å². The van der Waals surface area contributed by atoms with E-state index in [9.17, 15) is 13.2 Å². The molecule has 0 aliphatic rings. The molecule has 0 aliphatic heterocycles. The Kier molecular flexibility index (Phi) is 6.18. The minimum atomic E-state index is -3.80. The van der Waals surface area contributed by atoms with Gasteiger partial charge in [0.25, 0.3) is 0 Å². The molecule has 0 aliphatic carbocycles. The Morgan fingerprint density at radius 1 is 1.09 bits per heavy atom. The predicted molar refractivity (Wildman–Crippen MR) is 91.8 cm³/mol. The molecule has 2 aromatic carbocycles. The third-order valence-corrected chi connectivity index (χ3v) is 5.40. The molecule has 23 heavy (non-hydrogen) atoms. The predicted octanol–water partition coefficient (Wildman–Crippen LogP) is 3.28. The summed E-state index contributed by atoms with van der Waals surface area (Å²) in [5, 5.41) is 0.0586.